The number of aromatic nitrogens is 2. The third-order valence-corrected chi connectivity index (χ3v) is 8.37. The number of benzene rings is 1. The molecule has 3 aromatic rings. The molecule has 0 spiro atoms. The molecule has 0 saturated carbocycles. The van der Waals surface area contributed by atoms with Gasteiger partial charge in [0.2, 0.25) is 5.91 Å². The van der Waals surface area contributed by atoms with E-state index < -0.39 is 0 Å². The number of methoxy groups -OCH3 is 1. The van der Waals surface area contributed by atoms with Gasteiger partial charge in [-0.15, -0.1) is 11.3 Å². The zero-order valence-corrected chi connectivity index (χ0v) is 22.8. The normalized spacial score (nSPS) is 22.0. The van der Waals surface area contributed by atoms with Crippen molar-refractivity contribution in [3.05, 3.63) is 45.6 Å². The molecule has 0 radical (unpaired) electrons. The van der Waals surface area contributed by atoms with Gasteiger partial charge in [-0.2, -0.15) is 0 Å². The Balaban J connectivity index is 1.50. The Morgan fingerprint density at radius 1 is 1.31 bits per heavy atom. The maximum atomic E-state index is 12.5. The molecular formula is C27H33ClN4O3S. The fourth-order valence-electron chi connectivity index (χ4n) is 5.38. The first-order valence-corrected chi connectivity index (χ1v) is 13.6. The second-order valence-electron chi connectivity index (χ2n) is 10.4. The van der Waals surface area contributed by atoms with Crippen molar-refractivity contribution < 1.29 is 14.3 Å². The van der Waals surface area contributed by atoms with Crippen LogP contribution in [0.3, 0.4) is 0 Å². The molecule has 2 atom stereocenters. The van der Waals surface area contributed by atoms with Crippen molar-refractivity contribution in [3.8, 4) is 11.3 Å². The molecule has 2 fully saturated rings. The molecule has 192 valence electrons. The van der Waals surface area contributed by atoms with Crippen molar-refractivity contribution in [1.82, 2.24) is 20.2 Å². The molecule has 1 aromatic carbocycles. The summed E-state index contributed by atoms with van der Waals surface area (Å²) in [4.78, 5) is 24.8. The van der Waals surface area contributed by atoms with Crippen LogP contribution in [0, 0.1) is 6.92 Å². The molecule has 7 nitrogen and oxygen atoms in total. The van der Waals surface area contributed by atoms with E-state index in [1.54, 1.807) is 24.8 Å². The average Bonchev–Trinajstić information content (AvgIpc) is 3.38. The number of thiophene rings is 1. The van der Waals surface area contributed by atoms with Crippen LogP contribution in [-0.2, 0) is 27.2 Å². The zero-order valence-electron chi connectivity index (χ0n) is 21.3. The fourth-order valence-corrected chi connectivity index (χ4v) is 6.77. The van der Waals surface area contributed by atoms with Crippen molar-refractivity contribution in [2.75, 3.05) is 26.8 Å². The van der Waals surface area contributed by atoms with E-state index in [-0.39, 0.29) is 23.7 Å². The van der Waals surface area contributed by atoms with Gasteiger partial charge in [-0.3, -0.25) is 4.79 Å². The van der Waals surface area contributed by atoms with Crippen molar-refractivity contribution >= 4 is 39.1 Å². The lowest BCUT2D eigenvalue weighted by atomic mass is 9.93. The number of fused-ring (bicyclic) bond motifs is 1. The van der Waals surface area contributed by atoms with E-state index in [0.29, 0.717) is 24.6 Å². The number of hydrogen-bond acceptors (Lipinski definition) is 7. The quantitative estimate of drug-likeness (QED) is 0.476. The van der Waals surface area contributed by atoms with Crippen LogP contribution in [0.4, 0.5) is 0 Å². The first-order valence-electron chi connectivity index (χ1n) is 12.4. The van der Waals surface area contributed by atoms with Crippen LogP contribution >= 0.6 is 22.9 Å². The highest BCUT2D eigenvalue weighted by Crippen LogP contribution is 2.38. The molecule has 2 aliphatic rings. The molecule has 0 unspecified atom stereocenters. The molecule has 2 aromatic heterocycles. The largest absolute Gasteiger partial charge is 0.383 e. The van der Waals surface area contributed by atoms with Gasteiger partial charge in [0.05, 0.1) is 46.8 Å². The summed E-state index contributed by atoms with van der Waals surface area (Å²) in [6.07, 6.45) is 3.85. The summed E-state index contributed by atoms with van der Waals surface area (Å²) in [6.45, 7) is 9.09. The first-order chi connectivity index (χ1) is 17.2. The zero-order chi connectivity index (χ0) is 25.4. The molecule has 1 amide bonds. The summed E-state index contributed by atoms with van der Waals surface area (Å²) in [6, 6.07) is 6.21. The Kier molecular flexibility index (Phi) is 7.34. The van der Waals surface area contributed by atoms with Gasteiger partial charge in [-0.05, 0) is 56.5 Å². The number of halogens is 1. The van der Waals surface area contributed by atoms with E-state index in [1.165, 1.54) is 5.56 Å². The van der Waals surface area contributed by atoms with E-state index in [1.807, 2.05) is 17.0 Å². The predicted octanol–water partition coefficient (Wildman–Crippen LogP) is 4.77. The number of nitrogens with zero attached hydrogens (tertiary/aromatic N) is 3. The Morgan fingerprint density at radius 2 is 2.14 bits per heavy atom. The molecule has 0 aliphatic carbocycles. The molecule has 2 saturated heterocycles. The highest BCUT2D eigenvalue weighted by Gasteiger charge is 2.32. The SMILES string of the molecule is COC[C@H]1CCC(=O)N1Cc1cc2ncnc(-c3cc(Cl)cc(C)c3C[C@@H]3CNCC(C)(C)O3)c2s1. The average molecular weight is 529 g/mol. The van der Waals surface area contributed by atoms with E-state index in [0.717, 1.165) is 57.8 Å². The van der Waals surface area contributed by atoms with Crippen LogP contribution < -0.4 is 5.32 Å². The predicted molar refractivity (Wildman–Crippen MR) is 144 cm³/mol. The number of carbonyl (C=O) groups is 1. The van der Waals surface area contributed by atoms with E-state index in [9.17, 15) is 4.79 Å². The smallest absolute Gasteiger partial charge is 0.223 e. The van der Waals surface area contributed by atoms with Crippen LogP contribution in [0.15, 0.2) is 24.5 Å². The maximum absolute atomic E-state index is 12.5. The van der Waals surface area contributed by atoms with Crippen molar-refractivity contribution in [2.45, 2.75) is 64.3 Å². The summed E-state index contributed by atoms with van der Waals surface area (Å²) in [7, 11) is 1.68. The highest BCUT2D eigenvalue weighted by atomic mass is 35.5. The molecule has 1 N–H and O–H groups in total. The van der Waals surface area contributed by atoms with Gasteiger partial charge < -0.3 is 19.7 Å². The van der Waals surface area contributed by atoms with Crippen LogP contribution in [0.25, 0.3) is 21.5 Å². The van der Waals surface area contributed by atoms with Crippen LogP contribution in [-0.4, -0.2) is 65.3 Å². The number of morpholine rings is 1. The molecule has 2 aliphatic heterocycles. The molecule has 9 heteroatoms. The van der Waals surface area contributed by atoms with E-state index in [2.05, 4.69) is 37.1 Å². The number of aryl methyl sites for hydroxylation is 1. The highest BCUT2D eigenvalue weighted by molar-refractivity contribution is 7.19. The molecule has 0 bridgehead atoms. The summed E-state index contributed by atoms with van der Waals surface area (Å²) in [5.41, 5.74) is 4.88. The number of amides is 1. The van der Waals surface area contributed by atoms with Gasteiger partial charge in [-0.1, -0.05) is 11.6 Å². The third kappa shape index (κ3) is 5.29. The minimum absolute atomic E-state index is 0.0579. The molecule has 4 heterocycles. The number of hydrogen-bond donors (Lipinski definition) is 1. The van der Waals surface area contributed by atoms with Crippen molar-refractivity contribution in [2.24, 2.45) is 0 Å². The summed E-state index contributed by atoms with van der Waals surface area (Å²) >= 11 is 8.20. The fraction of sp³-hybridized carbons (Fsp3) is 0.519. The second kappa shape index (κ2) is 10.3. The van der Waals surface area contributed by atoms with Gasteiger partial charge in [0.1, 0.15) is 6.33 Å². The minimum atomic E-state index is -0.206. The Labute approximate surface area is 221 Å². The van der Waals surface area contributed by atoms with Gasteiger partial charge >= 0.3 is 0 Å². The Morgan fingerprint density at radius 3 is 2.92 bits per heavy atom. The lowest BCUT2D eigenvalue weighted by Gasteiger charge is -2.37. The third-order valence-electron chi connectivity index (χ3n) is 7.03. The van der Waals surface area contributed by atoms with Gasteiger partial charge in [0, 0.05) is 48.5 Å². The van der Waals surface area contributed by atoms with Gasteiger partial charge in [-0.25, -0.2) is 9.97 Å². The summed E-state index contributed by atoms with van der Waals surface area (Å²) in [5, 5.41) is 4.19. The number of carbonyl (C=O) groups excluding carboxylic acids is 1. The minimum Gasteiger partial charge on any atom is -0.383 e. The van der Waals surface area contributed by atoms with Crippen LogP contribution in [0.1, 0.15) is 42.7 Å². The van der Waals surface area contributed by atoms with E-state index in [4.69, 9.17) is 26.1 Å². The molecular weight excluding hydrogens is 496 g/mol. The van der Waals surface area contributed by atoms with E-state index >= 15 is 0 Å². The molecule has 36 heavy (non-hydrogen) atoms. The summed E-state index contributed by atoms with van der Waals surface area (Å²) in [5.74, 6) is 0.178. The second-order valence-corrected chi connectivity index (χ2v) is 12.0. The Hall–Kier alpha value is -2.10. The van der Waals surface area contributed by atoms with Crippen LogP contribution in [0.2, 0.25) is 5.02 Å². The lowest BCUT2D eigenvalue weighted by molar-refractivity contribution is -0.130. The maximum Gasteiger partial charge on any atom is 0.223 e. The molecule has 5 rings (SSSR count). The monoisotopic (exact) mass is 528 g/mol. The number of nitrogens with one attached hydrogen (secondary N) is 1. The summed E-state index contributed by atoms with van der Waals surface area (Å²) < 4.78 is 12.7. The van der Waals surface area contributed by atoms with Crippen molar-refractivity contribution in [1.29, 1.82) is 0 Å². The first kappa shape index (κ1) is 25.5. The van der Waals surface area contributed by atoms with Gasteiger partial charge in [0.25, 0.3) is 0 Å². The number of rotatable bonds is 7. The lowest BCUT2D eigenvalue weighted by Crippen LogP contribution is -2.51. The Bertz CT molecular complexity index is 1280. The number of ether oxygens (including phenoxy) is 2. The van der Waals surface area contributed by atoms with Crippen molar-refractivity contribution in [3.63, 3.8) is 0 Å². The topological polar surface area (TPSA) is 76.6 Å². The number of likely N-dealkylation sites (tertiary alicyclic amines) is 1. The van der Waals surface area contributed by atoms with Gasteiger partial charge in [0.15, 0.2) is 0 Å². The standard InChI is InChI=1S/C27H33ClN4O3S/c1-16-7-17(28)8-22(21(16)9-19-11-29-14-27(2,3)35-19)25-26-23(30-15-31-25)10-20(36-26)12-32-18(13-34-4)5-6-24(32)33/h7-8,10,15,18-19,29H,5-6,9,11-14H2,1-4H3/t18-,19-/m1/s1. The van der Waals surface area contributed by atoms with Crippen LogP contribution in [0.5, 0.6) is 0 Å².